The molecule has 0 spiro atoms. The topological polar surface area (TPSA) is 0 Å². The molecule has 0 saturated carbocycles. The van der Waals surface area contributed by atoms with Crippen LogP contribution in [0, 0.1) is 48.4 Å². The normalized spacial score (nSPS) is 10.5. The van der Waals surface area contributed by atoms with Crippen molar-refractivity contribution in [3.63, 3.8) is 0 Å². The predicted molar refractivity (Wildman–Crippen MR) is 203 cm³/mol. The Kier molecular flexibility index (Phi) is 7.18. The Morgan fingerprint density at radius 1 is 0.292 bits per heavy atom. The van der Waals surface area contributed by atoms with Crippen LogP contribution in [0.15, 0.2) is 146 Å². The molecule has 8 rings (SSSR count). The Labute approximate surface area is 280 Å². The summed E-state index contributed by atoms with van der Waals surface area (Å²) in [7, 11) is 0. The largest absolute Gasteiger partial charge is 0.115 e. The van der Waals surface area contributed by atoms with Crippen LogP contribution in [0.2, 0.25) is 0 Å². The maximum atomic E-state index is 6.14. The summed E-state index contributed by atoms with van der Waals surface area (Å²) in [5, 5.41) is 8.65. The van der Waals surface area contributed by atoms with E-state index in [-0.39, 0.29) is 0 Å². The van der Waals surface area contributed by atoms with Crippen LogP contribution in [0.1, 0.15) is 22.3 Å². The van der Waals surface area contributed by atoms with Gasteiger partial charge in [0.25, 0.3) is 0 Å². The van der Waals surface area contributed by atoms with E-state index in [2.05, 4.69) is 133 Å². The first-order chi connectivity index (χ1) is 23.7. The molecule has 0 unspecified atom stereocenters. The SMILES string of the molecule is C#Cc1c(-c2ccc3ccccc3c2C#CC#Cc2c(-c3ccc4ccccc4c3C#C)ccc3ccccc23)ccc2ccccc12. The van der Waals surface area contributed by atoms with E-state index in [0.29, 0.717) is 0 Å². The zero-order valence-electron chi connectivity index (χ0n) is 26.0. The summed E-state index contributed by atoms with van der Waals surface area (Å²) < 4.78 is 0. The van der Waals surface area contributed by atoms with Gasteiger partial charge in [0.15, 0.2) is 0 Å². The second kappa shape index (κ2) is 12.1. The molecule has 0 heterocycles. The number of benzene rings is 8. The molecule has 0 atom stereocenters. The van der Waals surface area contributed by atoms with E-state index in [1.54, 1.807) is 0 Å². The molecule has 48 heavy (non-hydrogen) atoms. The zero-order valence-corrected chi connectivity index (χ0v) is 26.0. The molecule has 0 bridgehead atoms. The Morgan fingerprint density at radius 3 is 0.875 bits per heavy atom. The molecule has 0 aliphatic carbocycles. The molecule has 218 valence electrons. The van der Waals surface area contributed by atoms with Gasteiger partial charge < -0.3 is 0 Å². The molecule has 0 aromatic heterocycles. The minimum absolute atomic E-state index is 0.859. The summed E-state index contributed by atoms with van der Waals surface area (Å²) in [5.74, 6) is 19.3. The van der Waals surface area contributed by atoms with Gasteiger partial charge in [0.2, 0.25) is 0 Å². The third kappa shape index (κ3) is 4.84. The first-order valence-corrected chi connectivity index (χ1v) is 15.8. The predicted octanol–water partition coefficient (Wildman–Crippen LogP) is 11.0. The number of rotatable bonds is 2. The summed E-state index contributed by atoms with van der Waals surface area (Å²) >= 11 is 0. The summed E-state index contributed by atoms with van der Waals surface area (Å²) in [6, 6.07) is 50.0. The van der Waals surface area contributed by atoms with Crippen molar-refractivity contribution in [1.82, 2.24) is 0 Å². The summed E-state index contributed by atoms with van der Waals surface area (Å²) in [4.78, 5) is 0. The van der Waals surface area contributed by atoms with E-state index in [9.17, 15) is 0 Å². The van der Waals surface area contributed by atoms with E-state index >= 15 is 0 Å². The lowest BCUT2D eigenvalue weighted by molar-refractivity contribution is 1.61. The van der Waals surface area contributed by atoms with Crippen LogP contribution in [0.5, 0.6) is 0 Å². The van der Waals surface area contributed by atoms with Crippen molar-refractivity contribution < 1.29 is 0 Å². The van der Waals surface area contributed by atoms with E-state index < -0.39 is 0 Å². The van der Waals surface area contributed by atoms with E-state index in [1.165, 1.54) is 0 Å². The third-order valence-corrected chi connectivity index (χ3v) is 9.02. The molecule has 0 fully saturated rings. The fourth-order valence-corrected chi connectivity index (χ4v) is 6.75. The van der Waals surface area contributed by atoms with Gasteiger partial charge >= 0.3 is 0 Å². The molecule has 8 aromatic rings. The van der Waals surface area contributed by atoms with E-state index in [1.807, 2.05) is 48.5 Å². The average Bonchev–Trinajstić information content (AvgIpc) is 3.15. The van der Waals surface area contributed by atoms with Crippen LogP contribution in [0.4, 0.5) is 0 Å². The standard InChI is InChI=1S/C48H26/c1-3-37-39-19-9-5-15-33(39)25-29-45(37)47-31-27-35-17-7-11-21-41(35)43(47)23-13-14-24-44-42-22-12-8-18-36(42)28-32-48(44)46-30-26-34-16-6-10-20-40(34)38(46)4-2/h1-2,5-12,15-22,25-32H. The fraction of sp³-hybridized carbons (Fsp3) is 0. The molecule has 8 aromatic carbocycles. The van der Waals surface area contributed by atoms with E-state index in [4.69, 9.17) is 12.8 Å². The van der Waals surface area contributed by atoms with Crippen molar-refractivity contribution in [1.29, 1.82) is 0 Å². The second-order valence-electron chi connectivity index (χ2n) is 11.6. The maximum Gasteiger partial charge on any atom is 0.0412 e. The van der Waals surface area contributed by atoms with Crippen molar-refractivity contribution in [3.05, 3.63) is 168 Å². The number of fused-ring (bicyclic) bond motifs is 4. The minimum atomic E-state index is 0.859. The molecule has 0 heteroatoms. The van der Waals surface area contributed by atoms with Gasteiger partial charge in [-0.1, -0.05) is 169 Å². The van der Waals surface area contributed by atoms with Gasteiger partial charge in [-0.2, -0.15) is 0 Å². The molecule has 0 N–H and O–H groups in total. The molecular weight excluding hydrogens is 577 g/mol. The van der Waals surface area contributed by atoms with Crippen LogP contribution in [0.25, 0.3) is 65.3 Å². The molecule has 0 aliphatic rings. The summed E-state index contributed by atoms with van der Waals surface area (Å²) in [5.41, 5.74) is 7.45. The number of hydrogen-bond donors (Lipinski definition) is 0. The van der Waals surface area contributed by atoms with Crippen molar-refractivity contribution >= 4 is 43.1 Å². The second-order valence-corrected chi connectivity index (χ2v) is 11.6. The summed E-state index contributed by atoms with van der Waals surface area (Å²) in [6.07, 6.45) is 12.3. The van der Waals surface area contributed by atoms with Gasteiger partial charge in [0.1, 0.15) is 0 Å². The van der Waals surface area contributed by atoms with Gasteiger partial charge in [0, 0.05) is 22.3 Å². The van der Waals surface area contributed by atoms with Crippen LogP contribution >= 0.6 is 0 Å². The molecule has 0 radical (unpaired) electrons. The molecular formula is C48H26. The van der Waals surface area contributed by atoms with Crippen LogP contribution < -0.4 is 0 Å². The molecule has 0 nitrogen and oxygen atoms in total. The number of hydrogen-bond acceptors (Lipinski definition) is 0. The highest BCUT2D eigenvalue weighted by Gasteiger charge is 2.15. The number of terminal acetylenes is 2. The zero-order chi connectivity index (χ0) is 32.5. The Balaban J connectivity index is 1.32. The van der Waals surface area contributed by atoms with Crippen molar-refractivity contribution in [2.75, 3.05) is 0 Å². The molecule has 0 aliphatic heterocycles. The van der Waals surface area contributed by atoms with Crippen LogP contribution in [-0.2, 0) is 0 Å². The van der Waals surface area contributed by atoms with Crippen molar-refractivity contribution in [2.45, 2.75) is 0 Å². The third-order valence-electron chi connectivity index (χ3n) is 9.02. The van der Waals surface area contributed by atoms with Crippen LogP contribution in [0.3, 0.4) is 0 Å². The maximum absolute atomic E-state index is 6.14. The highest BCUT2D eigenvalue weighted by Crippen LogP contribution is 2.36. The Bertz CT molecular complexity index is 2610. The Hall–Kier alpha value is -6.96. The lowest BCUT2D eigenvalue weighted by Gasteiger charge is -2.13. The van der Waals surface area contributed by atoms with Gasteiger partial charge in [-0.25, -0.2) is 0 Å². The lowest BCUT2D eigenvalue weighted by Crippen LogP contribution is -1.92. The highest BCUT2D eigenvalue weighted by atomic mass is 14.2. The monoisotopic (exact) mass is 602 g/mol. The first kappa shape index (κ1) is 28.5. The highest BCUT2D eigenvalue weighted by molar-refractivity contribution is 6.02. The van der Waals surface area contributed by atoms with Crippen molar-refractivity contribution in [2.24, 2.45) is 0 Å². The van der Waals surface area contributed by atoms with Crippen molar-refractivity contribution in [3.8, 4) is 70.6 Å². The van der Waals surface area contributed by atoms with Gasteiger partial charge in [-0.05, 0) is 77.2 Å². The fourth-order valence-electron chi connectivity index (χ4n) is 6.75. The summed E-state index contributed by atoms with van der Waals surface area (Å²) in [6.45, 7) is 0. The van der Waals surface area contributed by atoms with Gasteiger partial charge in [-0.15, -0.1) is 12.8 Å². The van der Waals surface area contributed by atoms with Crippen LogP contribution in [-0.4, -0.2) is 0 Å². The molecule has 0 amide bonds. The van der Waals surface area contributed by atoms with Gasteiger partial charge in [-0.3, -0.25) is 0 Å². The Morgan fingerprint density at radius 2 is 0.562 bits per heavy atom. The smallest absolute Gasteiger partial charge is 0.0412 e. The molecule has 0 saturated heterocycles. The quantitative estimate of drug-likeness (QED) is 0.173. The minimum Gasteiger partial charge on any atom is -0.115 e. The lowest BCUT2D eigenvalue weighted by atomic mass is 9.89. The first-order valence-electron chi connectivity index (χ1n) is 15.8. The van der Waals surface area contributed by atoms with E-state index in [0.717, 1.165) is 87.6 Å². The average molecular weight is 603 g/mol. The van der Waals surface area contributed by atoms with Gasteiger partial charge in [0.05, 0.1) is 0 Å².